The first-order valence-corrected chi connectivity index (χ1v) is 8.06. The van der Waals surface area contributed by atoms with E-state index < -0.39 is 0 Å². The molecule has 2 bridgehead atoms. The van der Waals surface area contributed by atoms with E-state index >= 15 is 0 Å². The number of fused-ring (bicyclic) bond motifs is 1. The van der Waals surface area contributed by atoms with E-state index in [-0.39, 0.29) is 0 Å². The van der Waals surface area contributed by atoms with Gasteiger partial charge in [0.1, 0.15) is 0 Å². The molecule has 1 aromatic rings. The largest absolute Gasteiger partial charge is 0.385 e. The van der Waals surface area contributed by atoms with Crippen LogP contribution in [0, 0.1) is 17.8 Å². The topological polar surface area (TPSA) is 33.3 Å². The molecule has 0 radical (unpaired) electrons. The molecule has 5 atom stereocenters. The lowest BCUT2D eigenvalue weighted by atomic mass is 9.87. The number of anilines is 1. The van der Waals surface area contributed by atoms with Gasteiger partial charge >= 0.3 is 0 Å². The third kappa shape index (κ3) is 2.23. The van der Waals surface area contributed by atoms with Crippen molar-refractivity contribution in [3.05, 3.63) is 30.3 Å². The minimum atomic E-state index is 0.529. The molecule has 0 spiro atoms. The quantitative estimate of drug-likeness (QED) is 0.781. The highest BCUT2D eigenvalue weighted by molar-refractivity contribution is 5.42. The van der Waals surface area contributed by atoms with Crippen LogP contribution in [0.1, 0.15) is 19.3 Å². The van der Waals surface area contributed by atoms with Crippen LogP contribution < -0.4 is 10.6 Å². The summed E-state index contributed by atoms with van der Waals surface area (Å²) in [6.07, 6.45) is 4.51. The Morgan fingerprint density at radius 1 is 1.05 bits per heavy atom. The Hall–Kier alpha value is -1.06. The van der Waals surface area contributed by atoms with Gasteiger partial charge in [0.25, 0.3) is 0 Å². The predicted molar refractivity (Wildman–Crippen MR) is 80.8 cm³/mol. The molecule has 1 saturated heterocycles. The highest BCUT2D eigenvalue weighted by atomic mass is 16.5. The van der Waals surface area contributed by atoms with E-state index in [9.17, 15) is 0 Å². The number of hydrogen-bond acceptors (Lipinski definition) is 3. The van der Waals surface area contributed by atoms with Gasteiger partial charge in [0.2, 0.25) is 0 Å². The van der Waals surface area contributed by atoms with Gasteiger partial charge in [-0.15, -0.1) is 0 Å². The fourth-order valence-electron chi connectivity index (χ4n) is 4.51. The van der Waals surface area contributed by atoms with Crippen molar-refractivity contribution < 1.29 is 4.74 Å². The van der Waals surface area contributed by atoms with Gasteiger partial charge in [0.15, 0.2) is 0 Å². The molecule has 1 aliphatic heterocycles. The highest BCUT2D eigenvalue weighted by Gasteiger charge is 2.56. The molecular formula is C17H24N2O. The third-order valence-electron chi connectivity index (χ3n) is 5.41. The third-order valence-corrected chi connectivity index (χ3v) is 5.41. The maximum absolute atomic E-state index is 5.99. The normalized spacial score (nSPS) is 37.5. The first-order valence-electron chi connectivity index (χ1n) is 8.06. The van der Waals surface area contributed by atoms with Crippen LogP contribution in [0.3, 0.4) is 0 Å². The molecule has 3 fully saturated rings. The molecule has 0 aromatic heterocycles. The molecule has 2 N–H and O–H groups in total. The highest BCUT2D eigenvalue weighted by Crippen LogP contribution is 2.53. The van der Waals surface area contributed by atoms with Gasteiger partial charge in [-0.05, 0) is 55.7 Å². The number of rotatable bonds is 6. The lowest BCUT2D eigenvalue weighted by molar-refractivity contribution is 0.0762. The Kier molecular flexibility index (Phi) is 3.41. The average Bonchev–Trinajstić information content (AvgIpc) is 3.10. The molecule has 2 saturated carbocycles. The van der Waals surface area contributed by atoms with Crippen molar-refractivity contribution in [1.82, 2.24) is 5.32 Å². The summed E-state index contributed by atoms with van der Waals surface area (Å²) in [6.45, 7) is 3.16. The summed E-state index contributed by atoms with van der Waals surface area (Å²) in [6, 6.07) is 11.1. The zero-order valence-corrected chi connectivity index (χ0v) is 11.9. The standard InChI is InChI=1S/C17H24N2O/c1-2-5-14(6-3-1)18-7-4-8-19-16-12-9-13-11-20-17(16)15(13)10-12/h1-3,5-6,12-13,15-19H,4,7-11H2/t12-,13-,15+,16?,17+/m1/s1. The fraction of sp³-hybridized carbons (Fsp3) is 0.647. The van der Waals surface area contributed by atoms with E-state index in [1.54, 1.807) is 0 Å². The number of ether oxygens (including phenoxy) is 1. The Morgan fingerprint density at radius 2 is 1.95 bits per heavy atom. The summed E-state index contributed by atoms with van der Waals surface area (Å²) in [4.78, 5) is 0. The van der Waals surface area contributed by atoms with Crippen molar-refractivity contribution in [1.29, 1.82) is 0 Å². The van der Waals surface area contributed by atoms with Crippen molar-refractivity contribution in [2.45, 2.75) is 31.4 Å². The Balaban J connectivity index is 1.19. The molecule has 3 aliphatic rings. The maximum atomic E-state index is 5.99. The van der Waals surface area contributed by atoms with Crippen LogP contribution in [0.4, 0.5) is 5.69 Å². The van der Waals surface area contributed by atoms with Crippen LogP contribution in [0.2, 0.25) is 0 Å². The van der Waals surface area contributed by atoms with E-state index in [0.717, 1.165) is 37.5 Å². The molecular weight excluding hydrogens is 248 g/mol. The lowest BCUT2D eigenvalue weighted by Gasteiger charge is -2.27. The summed E-state index contributed by atoms with van der Waals surface area (Å²) in [5.41, 5.74) is 1.22. The second-order valence-electron chi connectivity index (χ2n) is 6.58. The van der Waals surface area contributed by atoms with E-state index in [1.165, 1.54) is 24.9 Å². The van der Waals surface area contributed by atoms with Gasteiger partial charge in [0, 0.05) is 18.3 Å². The molecule has 20 heavy (non-hydrogen) atoms. The van der Waals surface area contributed by atoms with Crippen molar-refractivity contribution in [3.63, 3.8) is 0 Å². The molecule has 1 unspecified atom stereocenters. The number of hydrogen-bond donors (Lipinski definition) is 2. The van der Waals surface area contributed by atoms with Crippen LogP contribution in [0.15, 0.2) is 30.3 Å². The summed E-state index contributed by atoms with van der Waals surface area (Å²) in [5, 5.41) is 7.23. The van der Waals surface area contributed by atoms with Crippen LogP contribution in [0.25, 0.3) is 0 Å². The second-order valence-corrected chi connectivity index (χ2v) is 6.58. The van der Waals surface area contributed by atoms with Crippen molar-refractivity contribution in [3.8, 4) is 0 Å². The molecule has 1 heterocycles. The SMILES string of the molecule is c1ccc(NCCCNC2[C@@H]3C[C@@H]4CO[C@H]2[C@H]4C3)cc1. The van der Waals surface area contributed by atoms with Crippen LogP contribution in [0.5, 0.6) is 0 Å². The van der Waals surface area contributed by atoms with Gasteiger partial charge in [-0.1, -0.05) is 18.2 Å². The van der Waals surface area contributed by atoms with E-state index in [1.807, 2.05) is 0 Å². The van der Waals surface area contributed by atoms with Gasteiger partial charge in [-0.3, -0.25) is 0 Å². The first kappa shape index (κ1) is 12.7. The van der Waals surface area contributed by atoms with Crippen LogP contribution in [-0.2, 0) is 4.74 Å². The summed E-state index contributed by atoms with van der Waals surface area (Å²) < 4.78 is 5.99. The zero-order valence-electron chi connectivity index (χ0n) is 11.9. The number of para-hydroxylation sites is 1. The lowest BCUT2D eigenvalue weighted by Crippen LogP contribution is -2.44. The summed E-state index contributed by atoms with van der Waals surface area (Å²) >= 11 is 0. The number of nitrogens with one attached hydrogen (secondary N) is 2. The van der Waals surface area contributed by atoms with Gasteiger partial charge < -0.3 is 15.4 Å². The van der Waals surface area contributed by atoms with Crippen LogP contribution >= 0.6 is 0 Å². The minimum Gasteiger partial charge on any atom is -0.385 e. The Bertz CT molecular complexity index is 448. The Labute approximate surface area is 121 Å². The first-order chi connectivity index (χ1) is 9.92. The predicted octanol–water partition coefficient (Wildman–Crippen LogP) is 2.50. The van der Waals surface area contributed by atoms with Crippen molar-refractivity contribution in [2.24, 2.45) is 17.8 Å². The van der Waals surface area contributed by atoms with Crippen LogP contribution in [-0.4, -0.2) is 31.8 Å². The van der Waals surface area contributed by atoms with E-state index in [0.29, 0.717) is 12.1 Å². The minimum absolute atomic E-state index is 0.529. The van der Waals surface area contributed by atoms with Gasteiger partial charge in [-0.2, -0.15) is 0 Å². The second kappa shape index (κ2) is 5.38. The smallest absolute Gasteiger partial charge is 0.0762 e. The van der Waals surface area contributed by atoms with Gasteiger partial charge in [-0.25, -0.2) is 0 Å². The monoisotopic (exact) mass is 272 g/mol. The fourth-order valence-corrected chi connectivity index (χ4v) is 4.51. The van der Waals surface area contributed by atoms with Crippen molar-refractivity contribution >= 4 is 5.69 Å². The molecule has 1 aromatic carbocycles. The molecule has 4 rings (SSSR count). The summed E-state index contributed by atoms with van der Waals surface area (Å²) in [5.74, 6) is 2.65. The molecule has 2 aliphatic carbocycles. The maximum Gasteiger partial charge on any atom is 0.0762 e. The van der Waals surface area contributed by atoms with Crippen molar-refractivity contribution in [2.75, 3.05) is 25.0 Å². The average molecular weight is 272 g/mol. The number of benzene rings is 1. The van der Waals surface area contributed by atoms with Gasteiger partial charge in [0.05, 0.1) is 12.7 Å². The summed E-state index contributed by atoms with van der Waals surface area (Å²) in [7, 11) is 0. The molecule has 3 nitrogen and oxygen atoms in total. The Morgan fingerprint density at radius 3 is 2.85 bits per heavy atom. The molecule has 0 amide bonds. The van der Waals surface area contributed by atoms with E-state index in [2.05, 4.69) is 41.0 Å². The zero-order chi connectivity index (χ0) is 13.4. The molecule has 108 valence electrons. The van der Waals surface area contributed by atoms with E-state index in [4.69, 9.17) is 4.74 Å². The molecule has 3 heteroatoms.